The van der Waals surface area contributed by atoms with Crippen LogP contribution in [0.15, 0.2) is 24.3 Å². The molecule has 1 aromatic carbocycles. The minimum Gasteiger partial charge on any atom is -0.375 e. The number of ether oxygens (including phenoxy) is 1. The molecule has 0 radical (unpaired) electrons. The lowest BCUT2D eigenvalue weighted by Gasteiger charge is -2.29. The smallest absolute Gasteiger partial charge is 0.251 e. The van der Waals surface area contributed by atoms with Gasteiger partial charge in [-0.15, -0.1) is 0 Å². The Hall–Kier alpha value is -1.92. The van der Waals surface area contributed by atoms with E-state index in [1.165, 1.54) is 0 Å². The molecule has 22 heavy (non-hydrogen) atoms. The first-order chi connectivity index (χ1) is 10.6. The number of carbonyl (C=O) groups excluding carboxylic acids is 2. The molecule has 120 valence electrons. The molecule has 1 aliphatic rings. The first-order valence-electron chi connectivity index (χ1n) is 7.55. The van der Waals surface area contributed by atoms with Crippen molar-refractivity contribution in [2.75, 3.05) is 26.7 Å². The van der Waals surface area contributed by atoms with E-state index < -0.39 is 0 Å². The molecule has 0 spiro atoms. The van der Waals surface area contributed by atoms with Crippen molar-refractivity contribution in [1.82, 2.24) is 16.0 Å². The van der Waals surface area contributed by atoms with E-state index in [-0.39, 0.29) is 24.0 Å². The number of hydrogen-bond donors (Lipinski definition) is 3. The topological polar surface area (TPSA) is 79.5 Å². The van der Waals surface area contributed by atoms with Gasteiger partial charge in [-0.05, 0) is 31.0 Å². The maximum atomic E-state index is 12.1. The highest BCUT2D eigenvalue weighted by Gasteiger charge is 2.27. The number of benzene rings is 1. The van der Waals surface area contributed by atoms with Crippen molar-refractivity contribution in [3.63, 3.8) is 0 Å². The highest BCUT2D eigenvalue weighted by molar-refractivity contribution is 5.94. The zero-order valence-electron chi connectivity index (χ0n) is 13.0. The van der Waals surface area contributed by atoms with Crippen molar-refractivity contribution in [2.45, 2.75) is 25.5 Å². The average molecular weight is 305 g/mol. The van der Waals surface area contributed by atoms with Crippen LogP contribution in [0.25, 0.3) is 0 Å². The molecule has 2 rings (SSSR count). The summed E-state index contributed by atoms with van der Waals surface area (Å²) >= 11 is 0. The Balaban J connectivity index is 1.83. The predicted octanol–water partition coefficient (Wildman–Crippen LogP) is 0.0818. The molecule has 1 saturated heterocycles. The molecule has 6 heteroatoms. The van der Waals surface area contributed by atoms with Crippen molar-refractivity contribution < 1.29 is 14.3 Å². The largest absolute Gasteiger partial charge is 0.375 e. The fourth-order valence-corrected chi connectivity index (χ4v) is 2.48. The van der Waals surface area contributed by atoms with Crippen LogP contribution in [0.3, 0.4) is 0 Å². The second-order valence-corrected chi connectivity index (χ2v) is 5.33. The molecular formula is C16H23N3O3. The van der Waals surface area contributed by atoms with Crippen molar-refractivity contribution >= 4 is 11.8 Å². The molecule has 6 nitrogen and oxygen atoms in total. The van der Waals surface area contributed by atoms with Crippen molar-refractivity contribution in [3.05, 3.63) is 35.4 Å². The fraction of sp³-hybridized carbons (Fsp3) is 0.500. The van der Waals surface area contributed by atoms with Crippen LogP contribution in [-0.4, -0.2) is 50.7 Å². The normalized spacial score (nSPS) is 21.2. The fourth-order valence-electron chi connectivity index (χ4n) is 2.48. The molecule has 0 aromatic heterocycles. The van der Waals surface area contributed by atoms with Gasteiger partial charge in [0.2, 0.25) is 5.91 Å². The Morgan fingerprint density at radius 2 is 2.23 bits per heavy atom. The van der Waals surface area contributed by atoms with E-state index in [4.69, 9.17) is 4.74 Å². The highest BCUT2D eigenvalue weighted by atomic mass is 16.5. The second-order valence-electron chi connectivity index (χ2n) is 5.33. The van der Waals surface area contributed by atoms with Gasteiger partial charge in [0.15, 0.2) is 0 Å². The summed E-state index contributed by atoms with van der Waals surface area (Å²) in [5.74, 6) is -0.155. The van der Waals surface area contributed by atoms with E-state index in [9.17, 15) is 9.59 Å². The molecule has 1 aromatic rings. The third kappa shape index (κ3) is 4.29. The van der Waals surface area contributed by atoms with Gasteiger partial charge in [-0.3, -0.25) is 9.59 Å². The minimum atomic E-state index is -0.300. The van der Waals surface area contributed by atoms with Gasteiger partial charge >= 0.3 is 0 Å². The van der Waals surface area contributed by atoms with E-state index >= 15 is 0 Å². The molecular weight excluding hydrogens is 282 g/mol. The van der Waals surface area contributed by atoms with Gasteiger partial charge in [-0.2, -0.15) is 0 Å². The summed E-state index contributed by atoms with van der Waals surface area (Å²) in [5.41, 5.74) is 1.64. The van der Waals surface area contributed by atoms with Crippen molar-refractivity contribution in [3.8, 4) is 0 Å². The van der Waals surface area contributed by atoms with E-state index in [2.05, 4.69) is 16.0 Å². The molecule has 1 aliphatic heterocycles. The maximum Gasteiger partial charge on any atom is 0.251 e. The molecule has 0 saturated carbocycles. The Morgan fingerprint density at radius 1 is 1.41 bits per heavy atom. The molecule has 0 bridgehead atoms. The summed E-state index contributed by atoms with van der Waals surface area (Å²) in [5, 5.41) is 8.67. The zero-order chi connectivity index (χ0) is 15.9. The lowest BCUT2D eigenvalue weighted by Crippen LogP contribution is -2.55. The summed E-state index contributed by atoms with van der Waals surface area (Å²) in [6.07, 6.45) is 0.559. The number of rotatable bonds is 5. The van der Waals surface area contributed by atoms with Crippen LogP contribution in [0.1, 0.15) is 22.8 Å². The predicted molar refractivity (Wildman–Crippen MR) is 83.8 cm³/mol. The first kappa shape index (κ1) is 16.5. The van der Waals surface area contributed by atoms with Gasteiger partial charge in [0.25, 0.3) is 5.91 Å². The molecule has 0 aliphatic carbocycles. The highest BCUT2D eigenvalue weighted by Crippen LogP contribution is 2.07. The van der Waals surface area contributed by atoms with Gasteiger partial charge in [0.05, 0.1) is 12.7 Å². The van der Waals surface area contributed by atoms with Gasteiger partial charge in [-0.1, -0.05) is 12.1 Å². The van der Waals surface area contributed by atoms with Crippen molar-refractivity contribution in [2.24, 2.45) is 0 Å². The number of morpholine rings is 1. The quantitative estimate of drug-likeness (QED) is 0.720. The Labute approximate surface area is 130 Å². The Kier molecular flexibility index (Phi) is 5.91. The molecule has 2 amide bonds. The number of hydrogen-bond acceptors (Lipinski definition) is 4. The minimum absolute atomic E-state index is 0.0466. The van der Waals surface area contributed by atoms with Crippen LogP contribution in [0.2, 0.25) is 0 Å². The van der Waals surface area contributed by atoms with E-state index in [0.717, 1.165) is 5.56 Å². The summed E-state index contributed by atoms with van der Waals surface area (Å²) < 4.78 is 5.46. The van der Waals surface area contributed by atoms with Gasteiger partial charge in [-0.25, -0.2) is 0 Å². The zero-order valence-corrected chi connectivity index (χ0v) is 13.0. The lowest BCUT2D eigenvalue weighted by atomic mass is 10.1. The third-order valence-corrected chi connectivity index (χ3v) is 3.73. The van der Waals surface area contributed by atoms with Gasteiger partial charge in [0.1, 0.15) is 6.04 Å². The van der Waals surface area contributed by atoms with Crippen LogP contribution < -0.4 is 16.0 Å². The summed E-state index contributed by atoms with van der Waals surface area (Å²) in [6, 6.07) is 7.11. The van der Waals surface area contributed by atoms with Crippen LogP contribution in [0, 0.1) is 0 Å². The van der Waals surface area contributed by atoms with E-state index in [0.29, 0.717) is 31.7 Å². The monoisotopic (exact) mass is 305 g/mol. The van der Waals surface area contributed by atoms with E-state index in [1.807, 2.05) is 25.1 Å². The molecule has 1 heterocycles. The van der Waals surface area contributed by atoms with Crippen molar-refractivity contribution in [1.29, 1.82) is 0 Å². The Morgan fingerprint density at radius 3 is 2.95 bits per heavy atom. The van der Waals surface area contributed by atoms with E-state index in [1.54, 1.807) is 13.1 Å². The van der Waals surface area contributed by atoms with Gasteiger partial charge in [0, 0.05) is 25.7 Å². The standard InChI is InChI=1S/C16H23N3O3/c1-11-14(18-8-9-22-11)16(21)19-7-6-12-4-3-5-13(10-12)15(20)17-2/h3-5,10-11,14,18H,6-9H2,1-2H3,(H,17,20)(H,19,21)/t11-,14+/m1/s1. The SMILES string of the molecule is CNC(=O)c1cccc(CCNC(=O)[C@H]2NCCO[C@@H]2C)c1. The summed E-state index contributed by atoms with van der Waals surface area (Å²) in [4.78, 5) is 23.7. The Bertz CT molecular complexity index is 533. The van der Waals surface area contributed by atoms with Crippen LogP contribution in [0.4, 0.5) is 0 Å². The number of nitrogens with one attached hydrogen (secondary N) is 3. The molecule has 1 fully saturated rings. The number of amides is 2. The maximum absolute atomic E-state index is 12.1. The van der Waals surface area contributed by atoms with Crippen LogP contribution >= 0.6 is 0 Å². The van der Waals surface area contributed by atoms with Crippen LogP contribution in [-0.2, 0) is 16.0 Å². The molecule has 2 atom stereocenters. The summed E-state index contributed by atoms with van der Waals surface area (Å²) in [6.45, 7) is 3.75. The third-order valence-electron chi connectivity index (χ3n) is 3.73. The molecule has 0 unspecified atom stereocenters. The van der Waals surface area contributed by atoms with Gasteiger partial charge < -0.3 is 20.7 Å². The first-order valence-corrected chi connectivity index (χ1v) is 7.55. The average Bonchev–Trinajstić information content (AvgIpc) is 2.54. The lowest BCUT2D eigenvalue weighted by molar-refractivity contribution is -0.128. The molecule has 3 N–H and O–H groups in total. The second kappa shape index (κ2) is 7.91. The number of carbonyl (C=O) groups is 2. The van der Waals surface area contributed by atoms with Crippen LogP contribution in [0.5, 0.6) is 0 Å². The summed E-state index contributed by atoms with van der Waals surface area (Å²) in [7, 11) is 1.61.